The van der Waals surface area contributed by atoms with Crippen molar-refractivity contribution < 1.29 is 23.4 Å². The fourth-order valence-corrected chi connectivity index (χ4v) is 3.80. The number of carbonyl (C=O) groups excluding carboxylic acids is 1. The van der Waals surface area contributed by atoms with Crippen LogP contribution in [0.4, 0.5) is 8.78 Å². The van der Waals surface area contributed by atoms with E-state index >= 15 is 0 Å². The average molecular weight is 418 g/mol. The van der Waals surface area contributed by atoms with Gasteiger partial charge < -0.3 is 14.7 Å². The second kappa shape index (κ2) is 10.5. The zero-order valence-electron chi connectivity index (χ0n) is 17.1. The molecule has 1 amide bonds. The number of amides is 1. The molecule has 1 heterocycles. The molecule has 0 aliphatic carbocycles. The lowest BCUT2D eigenvalue weighted by Crippen LogP contribution is -2.42. The lowest BCUT2D eigenvalue weighted by atomic mass is 9.87. The number of ether oxygens (including phenoxy) is 1. The Labute approximate surface area is 175 Å². The highest BCUT2D eigenvalue weighted by Gasteiger charge is 2.27. The van der Waals surface area contributed by atoms with E-state index in [1.165, 1.54) is 12.1 Å². The van der Waals surface area contributed by atoms with Crippen LogP contribution in [0.5, 0.6) is 5.75 Å². The Hall–Kier alpha value is -2.51. The first kappa shape index (κ1) is 22.2. The molecule has 0 bridgehead atoms. The molecule has 1 fully saturated rings. The Morgan fingerprint density at radius 2 is 1.77 bits per heavy atom. The number of hydrogen-bond donors (Lipinski definition) is 1. The molecule has 1 unspecified atom stereocenters. The van der Waals surface area contributed by atoms with Crippen LogP contribution in [0.1, 0.15) is 30.1 Å². The number of likely N-dealkylation sites (N-methyl/N-ethyl adjacent to an activating group) is 1. The van der Waals surface area contributed by atoms with Crippen molar-refractivity contribution >= 4 is 5.91 Å². The normalized spacial score (nSPS) is 16.4. The van der Waals surface area contributed by atoms with Crippen molar-refractivity contribution in [1.82, 2.24) is 9.80 Å². The maximum Gasteiger partial charge on any atom is 0.387 e. The summed E-state index contributed by atoms with van der Waals surface area (Å²) in [6.07, 6.45) is 1.22. The summed E-state index contributed by atoms with van der Waals surface area (Å²) in [6, 6.07) is 16.0. The Bertz CT molecular complexity index is 794. The molecule has 5 nitrogen and oxygen atoms in total. The summed E-state index contributed by atoms with van der Waals surface area (Å²) in [5, 5.41) is 10.6. The van der Waals surface area contributed by atoms with Crippen molar-refractivity contribution in [2.75, 3.05) is 26.7 Å². The van der Waals surface area contributed by atoms with Crippen LogP contribution >= 0.6 is 0 Å². The summed E-state index contributed by atoms with van der Waals surface area (Å²) >= 11 is 0. The maximum atomic E-state index is 12.6. The molecule has 2 aromatic carbocycles. The molecule has 30 heavy (non-hydrogen) atoms. The molecule has 0 radical (unpaired) electrons. The first-order valence-electron chi connectivity index (χ1n) is 10.2. The van der Waals surface area contributed by atoms with Gasteiger partial charge in [0.05, 0.1) is 12.6 Å². The second-order valence-electron chi connectivity index (χ2n) is 7.74. The van der Waals surface area contributed by atoms with Crippen LogP contribution in [-0.2, 0) is 11.3 Å². The van der Waals surface area contributed by atoms with Gasteiger partial charge in [-0.25, -0.2) is 0 Å². The number of rotatable bonds is 8. The van der Waals surface area contributed by atoms with Gasteiger partial charge in [-0.2, -0.15) is 8.78 Å². The fourth-order valence-electron chi connectivity index (χ4n) is 3.80. The van der Waals surface area contributed by atoms with Gasteiger partial charge in [0.1, 0.15) is 5.75 Å². The third-order valence-corrected chi connectivity index (χ3v) is 5.57. The number of benzene rings is 2. The third kappa shape index (κ3) is 6.24. The molecule has 1 aliphatic rings. The Balaban J connectivity index is 1.44. The predicted octanol–water partition coefficient (Wildman–Crippen LogP) is 3.69. The van der Waals surface area contributed by atoms with E-state index in [4.69, 9.17) is 0 Å². The van der Waals surface area contributed by atoms with Crippen molar-refractivity contribution in [2.24, 2.45) is 5.92 Å². The first-order valence-corrected chi connectivity index (χ1v) is 10.2. The van der Waals surface area contributed by atoms with E-state index in [0.717, 1.165) is 37.1 Å². The number of likely N-dealkylation sites (tertiary alicyclic amines) is 1. The van der Waals surface area contributed by atoms with E-state index in [1.54, 1.807) is 24.1 Å². The van der Waals surface area contributed by atoms with Crippen molar-refractivity contribution in [3.8, 4) is 5.75 Å². The zero-order chi connectivity index (χ0) is 21.5. The van der Waals surface area contributed by atoms with E-state index in [9.17, 15) is 18.7 Å². The number of nitrogens with zero attached hydrogens (tertiary/aromatic N) is 2. The highest BCUT2D eigenvalue weighted by Crippen LogP contribution is 2.30. The van der Waals surface area contributed by atoms with Crippen LogP contribution in [-0.4, -0.2) is 54.1 Å². The first-order chi connectivity index (χ1) is 14.4. The van der Waals surface area contributed by atoms with Gasteiger partial charge in [-0.15, -0.1) is 0 Å². The molecule has 3 rings (SSSR count). The Morgan fingerprint density at radius 3 is 2.37 bits per heavy atom. The van der Waals surface area contributed by atoms with Crippen molar-refractivity contribution in [1.29, 1.82) is 0 Å². The van der Waals surface area contributed by atoms with E-state index in [2.05, 4.69) is 9.64 Å². The number of hydrogen-bond acceptors (Lipinski definition) is 4. The van der Waals surface area contributed by atoms with E-state index in [0.29, 0.717) is 13.1 Å². The number of alkyl halides is 2. The topological polar surface area (TPSA) is 53.0 Å². The zero-order valence-corrected chi connectivity index (χ0v) is 17.1. The molecule has 1 aliphatic heterocycles. The van der Waals surface area contributed by atoms with Crippen molar-refractivity contribution in [2.45, 2.75) is 32.1 Å². The third-order valence-electron chi connectivity index (χ3n) is 5.57. The highest BCUT2D eigenvalue weighted by molar-refractivity contribution is 5.78. The minimum atomic E-state index is -2.85. The molecule has 7 heteroatoms. The summed E-state index contributed by atoms with van der Waals surface area (Å²) in [5.74, 6) is 0.304. The largest absolute Gasteiger partial charge is 0.435 e. The van der Waals surface area contributed by atoms with Gasteiger partial charge in [0.25, 0.3) is 0 Å². The van der Waals surface area contributed by atoms with Gasteiger partial charge in [0.15, 0.2) is 0 Å². The molecule has 0 spiro atoms. The standard InChI is InChI=1S/C23H28F2N2O3/c1-26(15-17-7-9-20(10-8-17)30-23(24)25)21(28)16-27-13-11-19(12-14-27)22(29)18-5-3-2-4-6-18/h2-10,19,22-23,29H,11-16H2,1H3. The monoisotopic (exact) mass is 418 g/mol. The van der Waals surface area contributed by atoms with Crippen LogP contribution in [0.3, 0.4) is 0 Å². The molecule has 1 N–H and O–H groups in total. The van der Waals surface area contributed by atoms with Crippen LogP contribution in [0.2, 0.25) is 0 Å². The molecule has 0 aromatic heterocycles. The minimum absolute atomic E-state index is 0.00460. The molecule has 1 saturated heterocycles. The van der Waals surface area contributed by atoms with Crippen LogP contribution < -0.4 is 4.74 Å². The number of carbonyl (C=O) groups is 1. The predicted molar refractivity (Wildman–Crippen MR) is 110 cm³/mol. The lowest BCUT2D eigenvalue weighted by Gasteiger charge is -2.34. The number of aliphatic hydroxyl groups excluding tert-OH is 1. The molecule has 2 aromatic rings. The Morgan fingerprint density at radius 1 is 1.13 bits per heavy atom. The summed E-state index contributed by atoms with van der Waals surface area (Å²) in [6.45, 7) is -0.575. The Kier molecular flexibility index (Phi) is 7.76. The number of halogens is 2. The van der Waals surface area contributed by atoms with Crippen LogP contribution in [0, 0.1) is 5.92 Å². The van der Waals surface area contributed by atoms with Gasteiger partial charge in [0.2, 0.25) is 5.91 Å². The van der Waals surface area contributed by atoms with Crippen LogP contribution in [0.15, 0.2) is 54.6 Å². The van der Waals surface area contributed by atoms with Crippen molar-refractivity contribution in [3.63, 3.8) is 0 Å². The summed E-state index contributed by atoms with van der Waals surface area (Å²) in [4.78, 5) is 16.3. The quantitative estimate of drug-likeness (QED) is 0.711. The van der Waals surface area contributed by atoms with E-state index in [-0.39, 0.29) is 17.6 Å². The van der Waals surface area contributed by atoms with Gasteiger partial charge in [0, 0.05) is 13.6 Å². The molecule has 162 valence electrons. The van der Waals surface area contributed by atoms with Crippen LogP contribution in [0.25, 0.3) is 0 Å². The lowest BCUT2D eigenvalue weighted by molar-refractivity contribution is -0.132. The number of piperidine rings is 1. The SMILES string of the molecule is CN(Cc1ccc(OC(F)F)cc1)C(=O)CN1CCC(C(O)c2ccccc2)CC1. The summed E-state index contributed by atoms with van der Waals surface area (Å²) in [7, 11) is 1.73. The van der Waals surface area contributed by atoms with Gasteiger partial charge in [-0.3, -0.25) is 9.69 Å². The summed E-state index contributed by atoms with van der Waals surface area (Å²) in [5.41, 5.74) is 1.79. The molecule has 1 atom stereocenters. The summed E-state index contributed by atoms with van der Waals surface area (Å²) < 4.78 is 28.8. The smallest absolute Gasteiger partial charge is 0.387 e. The average Bonchev–Trinajstić information content (AvgIpc) is 2.75. The minimum Gasteiger partial charge on any atom is -0.435 e. The highest BCUT2D eigenvalue weighted by atomic mass is 19.3. The second-order valence-corrected chi connectivity index (χ2v) is 7.74. The molecular formula is C23H28F2N2O3. The van der Waals surface area contributed by atoms with E-state index < -0.39 is 12.7 Å². The fraction of sp³-hybridized carbons (Fsp3) is 0.435. The maximum absolute atomic E-state index is 12.6. The van der Waals surface area contributed by atoms with Crippen molar-refractivity contribution in [3.05, 3.63) is 65.7 Å². The number of aliphatic hydroxyl groups is 1. The molecule has 0 saturated carbocycles. The van der Waals surface area contributed by atoms with Gasteiger partial charge in [-0.05, 0) is 55.1 Å². The van der Waals surface area contributed by atoms with E-state index in [1.807, 2.05) is 30.3 Å². The van der Waals surface area contributed by atoms with Gasteiger partial charge in [-0.1, -0.05) is 42.5 Å². The van der Waals surface area contributed by atoms with Gasteiger partial charge >= 0.3 is 6.61 Å². The molecular weight excluding hydrogens is 390 g/mol.